The van der Waals surface area contributed by atoms with Crippen molar-refractivity contribution in [3.8, 4) is 5.75 Å². The van der Waals surface area contributed by atoms with E-state index in [0.29, 0.717) is 5.92 Å². The van der Waals surface area contributed by atoms with Gasteiger partial charge < -0.3 is 9.64 Å². The lowest BCUT2D eigenvalue weighted by molar-refractivity contribution is 0.0408. The number of fused-ring (bicyclic) bond motifs is 1. The average Bonchev–Trinajstić information content (AvgIpc) is 2.83. The van der Waals surface area contributed by atoms with Crippen molar-refractivity contribution in [3.63, 3.8) is 0 Å². The van der Waals surface area contributed by atoms with Crippen LogP contribution in [0.5, 0.6) is 5.75 Å². The summed E-state index contributed by atoms with van der Waals surface area (Å²) in [5, 5.41) is 0. The van der Waals surface area contributed by atoms with Gasteiger partial charge in [-0.2, -0.15) is 0 Å². The molecule has 0 radical (unpaired) electrons. The second kappa shape index (κ2) is 4.67. The molecule has 1 aliphatic carbocycles. The number of rotatable bonds is 2. The molecular formula is C15H20INO. The van der Waals surface area contributed by atoms with Gasteiger partial charge in [0.25, 0.3) is 0 Å². The Morgan fingerprint density at radius 3 is 3.06 bits per heavy atom. The van der Waals surface area contributed by atoms with Crippen molar-refractivity contribution < 1.29 is 4.74 Å². The lowest BCUT2D eigenvalue weighted by Crippen LogP contribution is -2.42. The molecule has 0 N–H and O–H groups in total. The van der Waals surface area contributed by atoms with Gasteiger partial charge in [0.1, 0.15) is 11.4 Å². The third-order valence-electron chi connectivity index (χ3n) is 4.31. The largest absolute Gasteiger partial charge is 0.486 e. The molecule has 0 bridgehead atoms. The molecule has 1 heterocycles. The Labute approximate surface area is 123 Å². The molecule has 18 heavy (non-hydrogen) atoms. The molecular weight excluding hydrogens is 337 g/mol. The van der Waals surface area contributed by atoms with Gasteiger partial charge in [0.2, 0.25) is 0 Å². The minimum absolute atomic E-state index is 0.0943. The second-order valence-electron chi connectivity index (χ2n) is 5.95. The van der Waals surface area contributed by atoms with Gasteiger partial charge in [0, 0.05) is 22.5 Å². The Balaban J connectivity index is 1.86. The molecule has 0 unspecified atom stereocenters. The molecule has 98 valence electrons. The first kappa shape index (κ1) is 12.7. The third-order valence-corrected chi connectivity index (χ3v) is 4.98. The van der Waals surface area contributed by atoms with Gasteiger partial charge in [-0.25, -0.2) is 0 Å². The molecule has 1 fully saturated rings. The van der Waals surface area contributed by atoms with Crippen LogP contribution in [0.4, 0.5) is 0 Å². The maximum atomic E-state index is 6.39. The number of hydrogen-bond acceptors (Lipinski definition) is 2. The summed E-state index contributed by atoms with van der Waals surface area (Å²) < 4.78 is 7.71. The molecule has 0 amide bonds. The van der Waals surface area contributed by atoms with E-state index >= 15 is 0 Å². The summed E-state index contributed by atoms with van der Waals surface area (Å²) in [5.74, 6) is 1.80. The highest BCUT2D eigenvalue weighted by atomic mass is 127. The lowest BCUT2D eigenvalue weighted by atomic mass is 9.86. The maximum absolute atomic E-state index is 6.39. The molecule has 1 aromatic carbocycles. The molecule has 1 spiro atoms. The summed E-state index contributed by atoms with van der Waals surface area (Å²) in [6.45, 7) is 1.14. The third kappa shape index (κ3) is 2.16. The van der Waals surface area contributed by atoms with Gasteiger partial charge in [-0.1, -0.05) is 0 Å². The topological polar surface area (TPSA) is 12.5 Å². The van der Waals surface area contributed by atoms with Crippen LogP contribution in [0.15, 0.2) is 18.2 Å². The SMILES string of the molecule is CN(C)C[C@@H]1CCC[C@]12Cc1cc(I)ccc1O2. The van der Waals surface area contributed by atoms with E-state index in [1.54, 1.807) is 0 Å². The predicted molar refractivity (Wildman–Crippen MR) is 82.1 cm³/mol. The van der Waals surface area contributed by atoms with Crippen LogP contribution in [-0.2, 0) is 6.42 Å². The molecule has 1 aromatic rings. The molecule has 1 saturated carbocycles. The van der Waals surface area contributed by atoms with E-state index in [-0.39, 0.29) is 5.60 Å². The van der Waals surface area contributed by atoms with Crippen LogP contribution in [0, 0.1) is 9.49 Å². The summed E-state index contributed by atoms with van der Waals surface area (Å²) >= 11 is 2.39. The maximum Gasteiger partial charge on any atom is 0.123 e. The Morgan fingerprint density at radius 2 is 2.28 bits per heavy atom. The number of halogens is 1. The highest BCUT2D eigenvalue weighted by Gasteiger charge is 2.48. The van der Waals surface area contributed by atoms with E-state index in [4.69, 9.17) is 4.74 Å². The van der Waals surface area contributed by atoms with Crippen molar-refractivity contribution >= 4 is 22.6 Å². The number of ether oxygens (including phenoxy) is 1. The lowest BCUT2D eigenvalue weighted by Gasteiger charge is -2.32. The Hall–Kier alpha value is -0.290. The highest BCUT2D eigenvalue weighted by molar-refractivity contribution is 14.1. The zero-order valence-electron chi connectivity index (χ0n) is 11.1. The molecule has 1 aliphatic heterocycles. The summed E-state index contributed by atoms with van der Waals surface area (Å²) in [6.07, 6.45) is 4.95. The molecule has 0 saturated heterocycles. The van der Waals surface area contributed by atoms with E-state index in [9.17, 15) is 0 Å². The standard InChI is InChI=1S/C15H20INO/c1-17(2)10-12-4-3-7-15(12)9-11-8-13(16)5-6-14(11)18-15/h5-6,8,12H,3-4,7,9-10H2,1-2H3/t12-,15-/m0/s1. The fourth-order valence-corrected chi connectivity index (χ4v) is 4.10. The summed E-state index contributed by atoms with van der Waals surface area (Å²) in [7, 11) is 4.33. The number of nitrogens with zero attached hydrogens (tertiary/aromatic N) is 1. The quantitative estimate of drug-likeness (QED) is 0.753. The van der Waals surface area contributed by atoms with Crippen LogP contribution in [0.1, 0.15) is 24.8 Å². The number of hydrogen-bond donors (Lipinski definition) is 0. The van der Waals surface area contributed by atoms with Crippen LogP contribution in [0.2, 0.25) is 0 Å². The van der Waals surface area contributed by atoms with Crippen LogP contribution in [0.3, 0.4) is 0 Å². The second-order valence-corrected chi connectivity index (χ2v) is 7.19. The van der Waals surface area contributed by atoms with Crippen LogP contribution >= 0.6 is 22.6 Å². The molecule has 2 atom stereocenters. The molecule has 3 heteroatoms. The van der Waals surface area contributed by atoms with E-state index in [2.05, 4.69) is 59.8 Å². The van der Waals surface area contributed by atoms with Crippen LogP contribution in [-0.4, -0.2) is 31.1 Å². The van der Waals surface area contributed by atoms with Crippen LogP contribution < -0.4 is 4.74 Å². The predicted octanol–water partition coefficient (Wildman–Crippen LogP) is 3.33. The zero-order chi connectivity index (χ0) is 12.8. The van der Waals surface area contributed by atoms with Gasteiger partial charge in [-0.15, -0.1) is 0 Å². The monoisotopic (exact) mass is 357 g/mol. The first-order chi connectivity index (χ1) is 8.59. The van der Waals surface area contributed by atoms with E-state index in [1.165, 1.54) is 28.4 Å². The Morgan fingerprint density at radius 1 is 1.44 bits per heavy atom. The molecule has 2 nitrogen and oxygen atoms in total. The van der Waals surface area contributed by atoms with Crippen molar-refractivity contribution in [1.82, 2.24) is 4.90 Å². The smallest absolute Gasteiger partial charge is 0.123 e. The Kier molecular flexibility index (Phi) is 3.30. The first-order valence-electron chi connectivity index (χ1n) is 6.71. The normalized spacial score (nSPS) is 29.9. The van der Waals surface area contributed by atoms with E-state index in [1.807, 2.05) is 0 Å². The van der Waals surface area contributed by atoms with Crippen molar-refractivity contribution in [2.75, 3.05) is 20.6 Å². The average molecular weight is 357 g/mol. The minimum atomic E-state index is 0.0943. The van der Waals surface area contributed by atoms with Crippen molar-refractivity contribution in [1.29, 1.82) is 0 Å². The summed E-state index contributed by atoms with van der Waals surface area (Å²) in [4.78, 5) is 2.30. The van der Waals surface area contributed by atoms with Crippen LogP contribution in [0.25, 0.3) is 0 Å². The van der Waals surface area contributed by atoms with Crippen molar-refractivity contribution in [2.24, 2.45) is 5.92 Å². The zero-order valence-corrected chi connectivity index (χ0v) is 13.2. The molecule has 2 aliphatic rings. The van der Waals surface area contributed by atoms with E-state index in [0.717, 1.165) is 18.7 Å². The fraction of sp³-hybridized carbons (Fsp3) is 0.600. The highest BCUT2D eigenvalue weighted by Crippen LogP contribution is 2.48. The fourth-order valence-electron chi connectivity index (χ4n) is 3.54. The van der Waals surface area contributed by atoms with Crippen molar-refractivity contribution in [2.45, 2.75) is 31.3 Å². The number of benzene rings is 1. The van der Waals surface area contributed by atoms with Gasteiger partial charge in [-0.3, -0.25) is 0 Å². The molecule has 3 rings (SSSR count). The summed E-state index contributed by atoms with van der Waals surface area (Å²) in [6, 6.07) is 6.58. The van der Waals surface area contributed by atoms with Crippen molar-refractivity contribution in [3.05, 3.63) is 27.3 Å². The van der Waals surface area contributed by atoms with Gasteiger partial charge in [0.15, 0.2) is 0 Å². The Bertz CT molecular complexity index is 460. The first-order valence-corrected chi connectivity index (χ1v) is 7.79. The minimum Gasteiger partial charge on any atom is -0.486 e. The van der Waals surface area contributed by atoms with Gasteiger partial charge >= 0.3 is 0 Å². The van der Waals surface area contributed by atoms with Gasteiger partial charge in [-0.05, 0) is 79.7 Å². The summed E-state index contributed by atoms with van der Waals surface area (Å²) in [5.41, 5.74) is 1.50. The van der Waals surface area contributed by atoms with Gasteiger partial charge in [0.05, 0.1) is 0 Å². The van der Waals surface area contributed by atoms with E-state index < -0.39 is 0 Å². The molecule has 0 aromatic heterocycles.